The summed E-state index contributed by atoms with van der Waals surface area (Å²) in [6.07, 6.45) is 0.793. The molecule has 1 aliphatic heterocycles. The number of carboxylic acids is 1. The molecule has 20 heavy (non-hydrogen) atoms. The van der Waals surface area contributed by atoms with Crippen LogP contribution in [-0.4, -0.2) is 66.3 Å². The number of urea groups is 1. The molecular weight excluding hydrogens is 266 g/mol. The molecule has 1 unspecified atom stereocenters. The Bertz CT molecular complexity index is 374. The van der Waals surface area contributed by atoms with Gasteiger partial charge in [-0.1, -0.05) is 6.92 Å². The first kappa shape index (κ1) is 16.2. The van der Waals surface area contributed by atoms with Gasteiger partial charge in [0.15, 0.2) is 0 Å². The average Bonchev–Trinajstić information content (AvgIpc) is 2.44. The van der Waals surface area contributed by atoms with Crippen LogP contribution in [0.4, 0.5) is 4.79 Å². The lowest BCUT2D eigenvalue weighted by Crippen LogP contribution is -2.59. The highest BCUT2D eigenvalue weighted by Gasteiger charge is 2.33. The molecule has 1 fully saturated rings. The number of rotatable bonds is 5. The lowest BCUT2D eigenvalue weighted by Gasteiger charge is -2.34. The second kappa shape index (κ2) is 7.68. The molecule has 2 atom stereocenters. The molecule has 0 bridgehead atoms. The van der Waals surface area contributed by atoms with Crippen LogP contribution in [0.2, 0.25) is 0 Å². The molecule has 0 saturated carbocycles. The maximum absolute atomic E-state index is 12.0. The Morgan fingerprint density at radius 2 is 2.15 bits per heavy atom. The van der Waals surface area contributed by atoms with E-state index in [9.17, 15) is 14.4 Å². The lowest BCUT2D eigenvalue weighted by atomic mass is 10.2. The number of carboxylic acid groups (broad SMARTS) is 1. The van der Waals surface area contributed by atoms with E-state index in [1.165, 1.54) is 11.8 Å². The summed E-state index contributed by atoms with van der Waals surface area (Å²) >= 11 is 0. The zero-order valence-electron chi connectivity index (χ0n) is 11.7. The maximum atomic E-state index is 12.0. The van der Waals surface area contributed by atoms with Crippen molar-refractivity contribution in [2.24, 2.45) is 0 Å². The highest BCUT2D eigenvalue weighted by molar-refractivity contribution is 5.89. The van der Waals surface area contributed by atoms with Crippen molar-refractivity contribution in [1.82, 2.24) is 15.5 Å². The summed E-state index contributed by atoms with van der Waals surface area (Å²) in [5.74, 6) is -1.41. The minimum Gasteiger partial charge on any atom is -0.480 e. The summed E-state index contributed by atoms with van der Waals surface area (Å²) in [6.45, 7) is 4.51. The van der Waals surface area contributed by atoms with Gasteiger partial charge in [-0.15, -0.1) is 0 Å². The first-order valence-corrected chi connectivity index (χ1v) is 6.62. The van der Waals surface area contributed by atoms with E-state index >= 15 is 0 Å². The van der Waals surface area contributed by atoms with Crippen LogP contribution in [0.15, 0.2) is 0 Å². The summed E-state index contributed by atoms with van der Waals surface area (Å²) in [4.78, 5) is 36.0. The Morgan fingerprint density at radius 1 is 1.45 bits per heavy atom. The predicted molar refractivity (Wildman–Crippen MR) is 70.2 cm³/mol. The monoisotopic (exact) mass is 287 g/mol. The summed E-state index contributed by atoms with van der Waals surface area (Å²) < 4.78 is 5.22. The molecule has 0 aromatic rings. The molecule has 8 heteroatoms. The van der Waals surface area contributed by atoms with Gasteiger partial charge in [0.1, 0.15) is 12.1 Å². The van der Waals surface area contributed by atoms with Crippen LogP contribution in [0.5, 0.6) is 0 Å². The van der Waals surface area contributed by atoms with Crippen LogP contribution in [0.25, 0.3) is 0 Å². The van der Waals surface area contributed by atoms with Gasteiger partial charge in [0.05, 0.1) is 13.2 Å². The Labute approximate surface area is 117 Å². The third kappa shape index (κ3) is 4.37. The van der Waals surface area contributed by atoms with Crippen LogP contribution >= 0.6 is 0 Å². The highest BCUT2D eigenvalue weighted by Crippen LogP contribution is 2.08. The number of carbonyl (C=O) groups excluding carboxylic acids is 2. The largest absolute Gasteiger partial charge is 0.480 e. The molecule has 3 amide bonds. The van der Waals surface area contributed by atoms with Gasteiger partial charge in [0.2, 0.25) is 5.91 Å². The molecule has 8 nitrogen and oxygen atoms in total. The van der Waals surface area contributed by atoms with Crippen LogP contribution in [-0.2, 0) is 14.3 Å². The summed E-state index contributed by atoms with van der Waals surface area (Å²) in [7, 11) is 0. The number of hydrogen-bond acceptors (Lipinski definition) is 4. The van der Waals surface area contributed by atoms with E-state index in [2.05, 4.69) is 10.6 Å². The van der Waals surface area contributed by atoms with Gasteiger partial charge in [0, 0.05) is 13.1 Å². The summed E-state index contributed by atoms with van der Waals surface area (Å²) in [5, 5.41) is 13.8. The van der Waals surface area contributed by atoms with Crippen molar-refractivity contribution < 1.29 is 24.2 Å². The maximum Gasteiger partial charge on any atom is 0.325 e. The van der Waals surface area contributed by atoms with Gasteiger partial charge in [0.25, 0.3) is 0 Å². The first-order valence-electron chi connectivity index (χ1n) is 6.62. The molecule has 1 rings (SSSR count). The molecule has 3 N–H and O–H groups in total. The zero-order chi connectivity index (χ0) is 15.1. The molecule has 114 valence electrons. The fraction of sp³-hybridized carbons (Fsp3) is 0.750. The van der Waals surface area contributed by atoms with Crippen molar-refractivity contribution in [2.75, 3.05) is 26.3 Å². The summed E-state index contributed by atoms with van der Waals surface area (Å²) in [5.41, 5.74) is 0. The number of hydrogen-bond donors (Lipinski definition) is 3. The lowest BCUT2D eigenvalue weighted by molar-refractivity contribution is -0.138. The second-order valence-corrected chi connectivity index (χ2v) is 4.58. The molecule has 0 spiro atoms. The average molecular weight is 287 g/mol. The first-order chi connectivity index (χ1) is 9.47. The Hall–Kier alpha value is -1.83. The molecule has 1 aliphatic rings. The second-order valence-electron chi connectivity index (χ2n) is 4.58. The summed E-state index contributed by atoms with van der Waals surface area (Å²) in [6, 6.07) is -2.30. The Balaban J connectivity index is 2.65. The molecule has 1 heterocycles. The molecule has 1 saturated heterocycles. The zero-order valence-corrected chi connectivity index (χ0v) is 11.7. The van der Waals surface area contributed by atoms with Crippen molar-refractivity contribution >= 4 is 17.9 Å². The molecule has 0 aromatic carbocycles. The van der Waals surface area contributed by atoms with Crippen LogP contribution in [0.1, 0.15) is 20.3 Å². The van der Waals surface area contributed by atoms with Crippen molar-refractivity contribution in [3.05, 3.63) is 0 Å². The fourth-order valence-corrected chi connectivity index (χ4v) is 1.76. The number of aliphatic carboxylic acids is 1. The third-order valence-electron chi connectivity index (χ3n) is 2.95. The number of amides is 3. The van der Waals surface area contributed by atoms with E-state index < -0.39 is 24.1 Å². The van der Waals surface area contributed by atoms with Crippen molar-refractivity contribution in [1.29, 1.82) is 0 Å². The molecular formula is C12H21N3O5. The van der Waals surface area contributed by atoms with Crippen molar-refractivity contribution in [3.8, 4) is 0 Å². The van der Waals surface area contributed by atoms with Crippen LogP contribution in [0.3, 0.4) is 0 Å². The van der Waals surface area contributed by atoms with E-state index in [4.69, 9.17) is 9.84 Å². The van der Waals surface area contributed by atoms with Crippen molar-refractivity contribution in [3.63, 3.8) is 0 Å². The van der Waals surface area contributed by atoms with Gasteiger partial charge in [-0.05, 0) is 13.3 Å². The number of morpholine rings is 1. The topological polar surface area (TPSA) is 108 Å². The van der Waals surface area contributed by atoms with Gasteiger partial charge < -0.3 is 25.4 Å². The molecule has 0 aromatic heterocycles. The Kier molecular flexibility index (Phi) is 6.23. The van der Waals surface area contributed by atoms with Crippen LogP contribution in [0, 0.1) is 0 Å². The number of nitrogens with one attached hydrogen (secondary N) is 2. The van der Waals surface area contributed by atoms with Gasteiger partial charge in [-0.2, -0.15) is 0 Å². The third-order valence-corrected chi connectivity index (χ3v) is 2.95. The van der Waals surface area contributed by atoms with E-state index in [1.54, 1.807) is 0 Å². The minimum atomic E-state index is -1.13. The highest BCUT2D eigenvalue weighted by atomic mass is 16.5. The predicted octanol–water partition coefficient (Wildman–Crippen LogP) is -0.604. The molecule has 0 aliphatic carbocycles. The quantitative estimate of drug-likeness (QED) is 0.625. The smallest absolute Gasteiger partial charge is 0.325 e. The van der Waals surface area contributed by atoms with Gasteiger partial charge >= 0.3 is 12.0 Å². The van der Waals surface area contributed by atoms with E-state index in [1.807, 2.05) is 6.92 Å². The van der Waals surface area contributed by atoms with E-state index in [0.29, 0.717) is 13.2 Å². The van der Waals surface area contributed by atoms with Gasteiger partial charge in [-0.25, -0.2) is 4.79 Å². The normalized spacial score (nSPS) is 20.1. The number of nitrogens with zero attached hydrogens (tertiary/aromatic N) is 1. The van der Waals surface area contributed by atoms with Gasteiger partial charge in [-0.3, -0.25) is 9.59 Å². The minimum absolute atomic E-state index is 0.115. The van der Waals surface area contributed by atoms with Crippen molar-refractivity contribution in [2.45, 2.75) is 32.4 Å². The fourth-order valence-electron chi connectivity index (χ4n) is 1.76. The van der Waals surface area contributed by atoms with E-state index in [-0.39, 0.29) is 19.1 Å². The number of carbonyl (C=O) groups is 3. The standard InChI is InChI=1S/C12H21N3O5/c1-3-4-13-10(16)9-7-20-6-5-15(9)12(19)14-8(2)11(17)18/h8-9H,3-7H2,1-2H3,(H,13,16)(H,14,19)(H,17,18)/t8-,9?/m1/s1. The van der Waals surface area contributed by atoms with E-state index in [0.717, 1.165) is 6.42 Å². The number of ether oxygens (including phenoxy) is 1. The SMILES string of the molecule is CCCNC(=O)C1COCCN1C(=O)N[C@H](C)C(=O)O. The molecule has 0 radical (unpaired) electrons. The van der Waals surface area contributed by atoms with Crippen LogP contribution < -0.4 is 10.6 Å². The Morgan fingerprint density at radius 3 is 2.75 bits per heavy atom.